The molecule has 0 unspecified atom stereocenters. The smallest absolute Gasteiger partial charge is 0.257 e. The van der Waals surface area contributed by atoms with Crippen LogP contribution < -0.4 is 4.90 Å². The molecule has 0 N–H and O–H groups in total. The summed E-state index contributed by atoms with van der Waals surface area (Å²) in [6, 6.07) is 6.73. The molecule has 0 aliphatic carbocycles. The highest BCUT2D eigenvalue weighted by Crippen LogP contribution is 2.21. The summed E-state index contributed by atoms with van der Waals surface area (Å²) in [7, 11) is 0. The van der Waals surface area contributed by atoms with Crippen molar-refractivity contribution in [1.29, 1.82) is 0 Å². The van der Waals surface area contributed by atoms with Gasteiger partial charge in [0, 0.05) is 32.4 Å². The minimum atomic E-state index is -0.227. The Bertz CT molecular complexity index is 726. The lowest BCUT2D eigenvalue weighted by Crippen LogP contribution is -2.49. The van der Waals surface area contributed by atoms with E-state index >= 15 is 0 Å². The number of amides is 1. The summed E-state index contributed by atoms with van der Waals surface area (Å²) in [4.78, 5) is 24.7. The summed E-state index contributed by atoms with van der Waals surface area (Å²) in [6.45, 7) is 5.95. The zero-order chi connectivity index (χ0) is 16.4. The van der Waals surface area contributed by atoms with Gasteiger partial charge in [-0.1, -0.05) is 12.1 Å². The maximum absolute atomic E-state index is 13.8. The van der Waals surface area contributed by atoms with E-state index in [9.17, 15) is 9.18 Å². The summed E-state index contributed by atoms with van der Waals surface area (Å²) in [5, 5.41) is 0. The van der Waals surface area contributed by atoms with Gasteiger partial charge in [-0.3, -0.25) is 4.79 Å². The molecule has 2 heterocycles. The van der Waals surface area contributed by atoms with E-state index < -0.39 is 0 Å². The number of hydrogen-bond acceptors (Lipinski definition) is 4. The third-order valence-electron chi connectivity index (χ3n) is 4.09. The van der Waals surface area contributed by atoms with Crippen LogP contribution in [0.25, 0.3) is 0 Å². The molecule has 1 fully saturated rings. The quantitative estimate of drug-likeness (QED) is 0.852. The molecule has 0 atom stereocenters. The average Bonchev–Trinajstić information content (AvgIpc) is 2.55. The van der Waals surface area contributed by atoms with Gasteiger partial charge in [0.05, 0.1) is 16.9 Å². The van der Waals surface area contributed by atoms with Crippen molar-refractivity contribution in [3.63, 3.8) is 0 Å². The molecule has 23 heavy (non-hydrogen) atoms. The van der Waals surface area contributed by atoms with Crippen LogP contribution >= 0.6 is 0 Å². The van der Waals surface area contributed by atoms with E-state index in [1.54, 1.807) is 30.2 Å². The van der Waals surface area contributed by atoms with Gasteiger partial charge in [-0.25, -0.2) is 14.4 Å². The maximum Gasteiger partial charge on any atom is 0.257 e. The second kappa shape index (κ2) is 6.32. The molecule has 0 spiro atoms. The highest BCUT2D eigenvalue weighted by Gasteiger charge is 2.24. The van der Waals surface area contributed by atoms with Crippen molar-refractivity contribution in [2.45, 2.75) is 13.8 Å². The molecule has 1 aliphatic heterocycles. The standard InChI is InChI=1S/C17H19FN4O/c1-12-14(11-19-13(2)20-12)17(23)22-9-7-21(8-10-22)16-6-4-3-5-15(16)18/h3-6,11H,7-10H2,1-2H3. The Balaban J connectivity index is 1.69. The van der Waals surface area contributed by atoms with Crippen LogP contribution in [-0.4, -0.2) is 47.0 Å². The molecule has 1 amide bonds. The van der Waals surface area contributed by atoms with E-state index in [0.717, 1.165) is 0 Å². The fourth-order valence-electron chi connectivity index (χ4n) is 2.82. The molecule has 1 saturated heterocycles. The summed E-state index contributed by atoms with van der Waals surface area (Å²) < 4.78 is 13.8. The number of hydrogen-bond donors (Lipinski definition) is 0. The number of anilines is 1. The fourth-order valence-corrected chi connectivity index (χ4v) is 2.82. The van der Waals surface area contributed by atoms with Crippen LogP contribution in [-0.2, 0) is 0 Å². The molecule has 120 valence electrons. The van der Waals surface area contributed by atoms with Gasteiger partial charge in [0.2, 0.25) is 0 Å². The lowest BCUT2D eigenvalue weighted by atomic mass is 10.2. The Morgan fingerprint density at radius 1 is 1.13 bits per heavy atom. The van der Waals surface area contributed by atoms with Crippen molar-refractivity contribution in [3.8, 4) is 0 Å². The van der Waals surface area contributed by atoms with Crippen LogP contribution in [0.5, 0.6) is 0 Å². The van der Waals surface area contributed by atoms with E-state index in [2.05, 4.69) is 9.97 Å². The summed E-state index contributed by atoms with van der Waals surface area (Å²) in [5.41, 5.74) is 1.82. The van der Waals surface area contributed by atoms with E-state index in [4.69, 9.17) is 0 Å². The van der Waals surface area contributed by atoms with Gasteiger partial charge >= 0.3 is 0 Å². The van der Waals surface area contributed by atoms with Crippen molar-refractivity contribution in [2.24, 2.45) is 0 Å². The zero-order valence-corrected chi connectivity index (χ0v) is 13.3. The SMILES string of the molecule is Cc1ncc(C(=O)N2CCN(c3ccccc3F)CC2)c(C)n1. The lowest BCUT2D eigenvalue weighted by Gasteiger charge is -2.36. The third kappa shape index (κ3) is 3.16. The van der Waals surface area contributed by atoms with E-state index in [-0.39, 0.29) is 11.7 Å². The molecule has 1 aromatic heterocycles. The number of aromatic nitrogens is 2. The highest BCUT2D eigenvalue weighted by molar-refractivity contribution is 5.95. The molecular formula is C17H19FN4O. The van der Waals surface area contributed by atoms with Crippen molar-refractivity contribution in [2.75, 3.05) is 31.1 Å². The number of benzene rings is 1. The van der Waals surface area contributed by atoms with Crippen LogP contribution in [0.2, 0.25) is 0 Å². The predicted octanol–water partition coefficient (Wildman–Crippen LogP) is 2.19. The van der Waals surface area contributed by atoms with Gasteiger partial charge in [-0.2, -0.15) is 0 Å². The molecule has 5 nitrogen and oxygen atoms in total. The highest BCUT2D eigenvalue weighted by atomic mass is 19.1. The second-order valence-electron chi connectivity index (χ2n) is 5.65. The van der Waals surface area contributed by atoms with Gasteiger partial charge in [0.15, 0.2) is 0 Å². The molecule has 0 saturated carbocycles. The molecule has 0 bridgehead atoms. The molecule has 3 rings (SSSR count). The van der Waals surface area contributed by atoms with Crippen molar-refractivity contribution in [3.05, 3.63) is 53.4 Å². The molecule has 1 aromatic carbocycles. The van der Waals surface area contributed by atoms with Crippen LogP contribution in [0.3, 0.4) is 0 Å². The van der Waals surface area contributed by atoms with E-state index in [1.807, 2.05) is 17.9 Å². The Morgan fingerprint density at radius 3 is 2.48 bits per heavy atom. The number of piperazine rings is 1. The Labute approximate surface area is 134 Å². The summed E-state index contributed by atoms with van der Waals surface area (Å²) >= 11 is 0. The number of halogens is 1. The van der Waals surface area contributed by atoms with Crippen LogP contribution in [0, 0.1) is 19.7 Å². The predicted molar refractivity (Wildman–Crippen MR) is 86.0 cm³/mol. The first-order valence-electron chi connectivity index (χ1n) is 7.65. The average molecular weight is 314 g/mol. The first-order valence-corrected chi connectivity index (χ1v) is 7.65. The molecule has 0 radical (unpaired) electrons. The number of aryl methyl sites for hydroxylation is 2. The monoisotopic (exact) mass is 314 g/mol. The topological polar surface area (TPSA) is 49.3 Å². The van der Waals surface area contributed by atoms with Gasteiger partial charge in [-0.15, -0.1) is 0 Å². The Kier molecular flexibility index (Phi) is 4.23. The number of rotatable bonds is 2. The Morgan fingerprint density at radius 2 is 1.83 bits per heavy atom. The van der Waals surface area contributed by atoms with Crippen molar-refractivity contribution >= 4 is 11.6 Å². The van der Waals surface area contributed by atoms with Gasteiger partial charge in [0.25, 0.3) is 5.91 Å². The number of para-hydroxylation sites is 1. The zero-order valence-electron chi connectivity index (χ0n) is 13.3. The van der Waals surface area contributed by atoms with Crippen LogP contribution in [0.1, 0.15) is 21.9 Å². The van der Waals surface area contributed by atoms with E-state index in [1.165, 1.54) is 6.07 Å². The second-order valence-corrected chi connectivity index (χ2v) is 5.65. The van der Waals surface area contributed by atoms with Gasteiger partial charge in [0.1, 0.15) is 11.6 Å². The molecule has 2 aromatic rings. The summed E-state index contributed by atoms with van der Waals surface area (Å²) in [5.74, 6) is 0.370. The number of carbonyl (C=O) groups is 1. The minimum Gasteiger partial charge on any atom is -0.366 e. The van der Waals surface area contributed by atoms with Crippen LogP contribution in [0.15, 0.2) is 30.5 Å². The third-order valence-corrected chi connectivity index (χ3v) is 4.09. The molecule has 6 heteroatoms. The Hall–Kier alpha value is -2.50. The van der Waals surface area contributed by atoms with Gasteiger partial charge in [-0.05, 0) is 26.0 Å². The fraction of sp³-hybridized carbons (Fsp3) is 0.353. The number of carbonyl (C=O) groups excluding carboxylic acids is 1. The normalized spacial score (nSPS) is 14.9. The minimum absolute atomic E-state index is 0.0596. The first-order chi connectivity index (χ1) is 11.1. The lowest BCUT2D eigenvalue weighted by molar-refractivity contribution is 0.0745. The first kappa shape index (κ1) is 15.4. The largest absolute Gasteiger partial charge is 0.366 e. The van der Waals surface area contributed by atoms with Crippen molar-refractivity contribution in [1.82, 2.24) is 14.9 Å². The maximum atomic E-state index is 13.8. The molecular weight excluding hydrogens is 295 g/mol. The van der Waals surface area contributed by atoms with Gasteiger partial charge < -0.3 is 9.80 Å². The number of nitrogens with zero attached hydrogens (tertiary/aromatic N) is 4. The van der Waals surface area contributed by atoms with Crippen molar-refractivity contribution < 1.29 is 9.18 Å². The molecule has 1 aliphatic rings. The van der Waals surface area contributed by atoms with Crippen LogP contribution in [0.4, 0.5) is 10.1 Å². The van der Waals surface area contributed by atoms with E-state index in [0.29, 0.717) is 48.9 Å². The summed E-state index contributed by atoms with van der Waals surface area (Å²) in [6.07, 6.45) is 1.59.